The van der Waals surface area contributed by atoms with Gasteiger partial charge in [-0.05, 0) is 30.0 Å². The second-order valence-electron chi connectivity index (χ2n) is 3.20. The van der Waals surface area contributed by atoms with Gasteiger partial charge in [-0.3, -0.25) is 4.79 Å². The van der Waals surface area contributed by atoms with Crippen molar-refractivity contribution >= 4 is 21.7 Å². The Hall–Kier alpha value is -0.890. The maximum atomic E-state index is 11.6. The molecule has 0 bridgehead atoms. The van der Waals surface area contributed by atoms with Crippen LogP contribution in [0.25, 0.3) is 0 Å². The summed E-state index contributed by atoms with van der Waals surface area (Å²) in [6, 6.07) is 5.73. The summed E-state index contributed by atoms with van der Waals surface area (Å²) in [5, 5.41) is 0. The van der Waals surface area contributed by atoms with E-state index >= 15 is 0 Å². The molecule has 2 heteroatoms. The van der Waals surface area contributed by atoms with Gasteiger partial charge in [0.05, 0.1) is 0 Å². The average molecular weight is 237 g/mol. The molecule has 1 nitrogen and oxygen atoms in total. The van der Waals surface area contributed by atoms with Gasteiger partial charge in [0, 0.05) is 10.0 Å². The van der Waals surface area contributed by atoms with E-state index in [1.54, 1.807) is 0 Å². The van der Waals surface area contributed by atoms with Crippen LogP contribution in [0, 0.1) is 0 Å². The zero-order chi connectivity index (χ0) is 9.42. The van der Waals surface area contributed by atoms with Crippen molar-refractivity contribution in [2.45, 2.75) is 12.8 Å². The minimum absolute atomic E-state index is 0.0996. The minimum Gasteiger partial charge on any atom is -0.289 e. The molecule has 0 atom stereocenters. The van der Waals surface area contributed by atoms with Gasteiger partial charge in [0.15, 0.2) is 5.78 Å². The molecule has 1 aromatic rings. The lowest BCUT2D eigenvalue weighted by atomic mass is 9.88. The monoisotopic (exact) mass is 236 g/mol. The quantitative estimate of drug-likeness (QED) is 0.633. The maximum absolute atomic E-state index is 11.6. The Morgan fingerprint density at radius 1 is 1.31 bits per heavy atom. The Labute approximate surface area is 85.6 Å². The molecule has 0 aromatic heterocycles. The summed E-state index contributed by atoms with van der Waals surface area (Å²) < 4.78 is 1.03. The molecule has 0 saturated heterocycles. The normalized spacial score (nSPS) is 15.8. The summed E-state index contributed by atoms with van der Waals surface area (Å²) in [7, 11) is 0. The number of halogens is 1. The van der Waals surface area contributed by atoms with E-state index in [9.17, 15) is 4.79 Å². The first kappa shape index (κ1) is 8.70. The molecule has 0 fully saturated rings. The fourth-order valence-corrected chi connectivity index (χ4v) is 2.17. The van der Waals surface area contributed by atoms with Crippen molar-refractivity contribution < 1.29 is 4.79 Å². The number of allylic oxidation sites excluding steroid dienone is 1. The highest BCUT2D eigenvalue weighted by Crippen LogP contribution is 2.29. The van der Waals surface area contributed by atoms with E-state index in [1.807, 2.05) is 18.2 Å². The molecule has 2 rings (SSSR count). The second kappa shape index (κ2) is 3.11. The summed E-state index contributed by atoms with van der Waals surface area (Å²) in [6.45, 7) is 3.76. The SMILES string of the molecule is C=C1CCc2c(Br)cccc2C1=O. The number of fused-ring (bicyclic) bond motifs is 1. The summed E-state index contributed by atoms with van der Waals surface area (Å²) >= 11 is 3.45. The Bertz CT molecular complexity index is 393. The average Bonchev–Trinajstić information content (AvgIpc) is 2.12. The van der Waals surface area contributed by atoms with Crippen LogP contribution < -0.4 is 0 Å². The maximum Gasteiger partial charge on any atom is 0.188 e. The molecule has 0 amide bonds. The minimum atomic E-state index is 0.0996. The van der Waals surface area contributed by atoms with E-state index in [1.165, 1.54) is 0 Å². The summed E-state index contributed by atoms with van der Waals surface area (Å²) in [6.07, 6.45) is 1.70. The predicted octanol–water partition coefficient (Wildman–Crippen LogP) is 3.13. The molecule has 0 aliphatic heterocycles. The van der Waals surface area contributed by atoms with Crippen LogP contribution in [-0.2, 0) is 6.42 Å². The van der Waals surface area contributed by atoms with Crippen LogP contribution in [-0.4, -0.2) is 5.78 Å². The topological polar surface area (TPSA) is 17.1 Å². The molecule has 13 heavy (non-hydrogen) atoms. The first-order chi connectivity index (χ1) is 6.20. The molecule has 1 aromatic carbocycles. The van der Waals surface area contributed by atoms with E-state index in [0.29, 0.717) is 0 Å². The van der Waals surface area contributed by atoms with Crippen LogP contribution in [0.1, 0.15) is 22.3 Å². The van der Waals surface area contributed by atoms with Crippen LogP contribution in [0.3, 0.4) is 0 Å². The number of carbonyl (C=O) groups excluding carboxylic acids is 1. The first-order valence-corrected chi connectivity index (χ1v) is 4.99. The van der Waals surface area contributed by atoms with Crippen molar-refractivity contribution in [2.24, 2.45) is 0 Å². The number of hydrogen-bond acceptors (Lipinski definition) is 1. The Kier molecular flexibility index (Phi) is 2.08. The second-order valence-corrected chi connectivity index (χ2v) is 4.05. The third kappa shape index (κ3) is 1.35. The molecule has 1 aliphatic rings. The smallest absolute Gasteiger partial charge is 0.188 e. The molecule has 1 aliphatic carbocycles. The van der Waals surface area contributed by atoms with Crippen molar-refractivity contribution in [1.29, 1.82) is 0 Å². The van der Waals surface area contributed by atoms with Gasteiger partial charge in [-0.15, -0.1) is 0 Å². The molecule has 0 spiro atoms. The lowest BCUT2D eigenvalue weighted by Crippen LogP contribution is -2.13. The Balaban J connectivity index is 2.62. The highest BCUT2D eigenvalue weighted by atomic mass is 79.9. The van der Waals surface area contributed by atoms with Gasteiger partial charge in [0.1, 0.15) is 0 Å². The van der Waals surface area contributed by atoms with Crippen molar-refractivity contribution in [2.75, 3.05) is 0 Å². The number of hydrogen-bond donors (Lipinski definition) is 0. The van der Waals surface area contributed by atoms with Gasteiger partial charge in [0.2, 0.25) is 0 Å². The molecule has 66 valence electrons. The van der Waals surface area contributed by atoms with E-state index in [2.05, 4.69) is 22.5 Å². The largest absolute Gasteiger partial charge is 0.289 e. The molecule has 0 radical (unpaired) electrons. The van der Waals surface area contributed by atoms with Gasteiger partial charge < -0.3 is 0 Å². The summed E-state index contributed by atoms with van der Waals surface area (Å²) in [5.74, 6) is 0.0996. The Morgan fingerprint density at radius 2 is 2.08 bits per heavy atom. The lowest BCUT2D eigenvalue weighted by Gasteiger charge is -2.17. The van der Waals surface area contributed by atoms with Crippen molar-refractivity contribution in [3.8, 4) is 0 Å². The fraction of sp³-hybridized carbons (Fsp3) is 0.182. The number of ketones is 1. The highest BCUT2D eigenvalue weighted by Gasteiger charge is 2.21. The van der Waals surface area contributed by atoms with E-state index in [4.69, 9.17) is 0 Å². The number of rotatable bonds is 0. The number of benzene rings is 1. The molecule has 0 heterocycles. The Morgan fingerprint density at radius 3 is 2.85 bits per heavy atom. The van der Waals surface area contributed by atoms with E-state index in [0.717, 1.165) is 34.0 Å². The number of carbonyl (C=O) groups is 1. The van der Waals surface area contributed by atoms with Gasteiger partial charge in [0.25, 0.3) is 0 Å². The van der Waals surface area contributed by atoms with Crippen molar-refractivity contribution in [1.82, 2.24) is 0 Å². The zero-order valence-corrected chi connectivity index (χ0v) is 8.73. The number of Topliss-reactive ketones (excluding diaryl/α,β-unsaturated/α-hetero) is 1. The predicted molar refractivity (Wildman–Crippen MR) is 55.9 cm³/mol. The van der Waals surface area contributed by atoms with Gasteiger partial charge >= 0.3 is 0 Å². The van der Waals surface area contributed by atoms with Gasteiger partial charge in [-0.1, -0.05) is 34.6 Å². The van der Waals surface area contributed by atoms with E-state index in [-0.39, 0.29) is 5.78 Å². The van der Waals surface area contributed by atoms with Crippen molar-refractivity contribution in [3.05, 3.63) is 46.0 Å². The summed E-state index contributed by atoms with van der Waals surface area (Å²) in [5.41, 5.74) is 2.66. The molecular weight excluding hydrogens is 228 g/mol. The first-order valence-electron chi connectivity index (χ1n) is 4.20. The van der Waals surface area contributed by atoms with E-state index < -0.39 is 0 Å². The molecule has 0 unspecified atom stereocenters. The standard InChI is InChI=1S/C11H9BrO/c1-7-5-6-8-9(11(7)13)3-2-4-10(8)12/h2-4H,1,5-6H2. The third-order valence-electron chi connectivity index (χ3n) is 2.36. The third-order valence-corrected chi connectivity index (χ3v) is 3.10. The van der Waals surface area contributed by atoms with Crippen molar-refractivity contribution in [3.63, 3.8) is 0 Å². The van der Waals surface area contributed by atoms with Crippen LogP contribution >= 0.6 is 15.9 Å². The van der Waals surface area contributed by atoms with Crippen LogP contribution in [0.5, 0.6) is 0 Å². The van der Waals surface area contributed by atoms with Crippen LogP contribution in [0.2, 0.25) is 0 Å². The molecular formula is C11H9BrO. The van der Waals surface area contributed by atoms with Gasteiger partial charge in [-0.2, -0.15) is 0 Å². The zero-order valence-electron chi connectivity index (χ0n) is 7.14. The van der Waals surface area contributed by atoms with Gasteiger partial charge in [-0.25, -0.2) is 0 Å². The van der Waals surface area contributed by atoms with Crippen LogP contribution in [0.4, 0.5) is 0 Å². The highest BCUT2D eigenvalue weighted by molar-refractivity contribution is 9.10. The molecule has 0 N–H and O–H groups in total. The summed E-state index contributed by atoms with van der Waals surface area (Å²) in [4.78, 5) is 11.6. The van der Waals surface area contributed by atoms with Crippen LogP contribution in [0.15, 0.2) is 34.8 Å². The molecule has 0 saturated carbocycles. The fourth-order valence-electron chi connectivity index (χ4n) is 1.61. The lowest BCUT2D eigenvalue weighted by molar-refractivity contribution is 0.102.